The lowest BCUT2D eigenvalue weighted by Crippen LogP contribution is -2.15. The average molecular weight is 508 g/mol. The normalized spacial score (nSPS) is 10.4. The lowest BCUT2D eigenvalue weighted by atomic mass is 10.1. The minimum absolute atomic E-state index is 0.0243. The van der Waals surface area contributed by atoms with Gasteiger partial charge in [0.1, 0.15) is 17.2 Å². The third-order valence-corrected chi connectivity index (χ3v) is 5.24. The fraction of sp³-hybridized carbons (Fsp3) is 0.250. The predicted molar refractivity (Wildman–Crippen MR) is 137 cm³/mol. The molecule has 37 heavy (non-hydrogen) atoms. The molecular formula is C28H29NO8. The van der Waals surface area contributed by atoms with E-state index in [0.29, 0.717) is 19.6 Å². The van der Waals surface area contributed by atoms with Crippen LogP contribution in [-0.2, 0) is 16.0 Å². The van der Waals surface area contributed by atoms with Crippen molar-refractivity contribution < 1.29 is 38.8 Å². The summed E-state index contributed by atoms with van der Waals surface area (Å²) in [7, 11) is 0. The number of carbonyl (C=O) groups is 3. The molecular weight excluding hydrogens is 478 g/mol. The van der Waals surface area contributed by atoms with Gasteiger partial charge in [-0.3, -0.25) is 4.79 Å². The third-order valence-electron chi connectivity index (χ3n) is 5.24. The number of ether oxygens (including phenoxy) is 3. The van der Waals surface area contributed by atoms with Crippen LogP contribution in [0.25, 0.3) is 0 Å². The summed E-state index contributed by atoms with van der Waals surface area (Å²) in [5, 5.41) is 20.6. The van der Waals surface area contributed by atoms with Crippen LogP contribution in [0.15, 0.2) is 72.8 Å². The number of para-hydroxylation sites is 1. The van der Waals surface area contributed by atoms with Gasteiger partial charge in [-0.15, -0.1) is 0 Å². The van der Waals surface area contributed by atoms with Crippen molar-refractivity contribution in [3.05, 3.63) is 83.9 Å². The molecule has 0 radical (unpaired) electrons. The molecule has 3 N–H and O–H groups in total. The number of benzene rings is 3. The van der Waals surface area contributed by atoms with Crippen molar-refractivity contribution in [1.82, 2.24) is 0 Å². The van der Waals surface area contributed by atoms with Crippen LogP contribution in [0.2, 0.25) is 0 Å². The smallest absolute Gasteiger partial charge is 0.341 e. The number of amides is 1. The van der Waals surface area contributed by atoms with E-state index in [0.717, 1.165) is 29.9 Å². The number of anilines is 1. The van der Waals surface area contributed by atoms with Crippen LogP contribution < -0.4 is 19.5 Å². The highest BCUT2D eigenvalue weighted by atomic mass is 16.5. The van der Waals surface area contributed by atoms with Crippen molar-refractivity contribution in [3.63, 3.8) is 0 Å². The van der Waals surface area contributed by atoms with E-state index < -0.39 is 18.5 Å². The molecule has 3 rings (SSSR count). The quantitative estimate of drug-likeness (QED) is 0.253. The van der Waals surface area contributed by atoms with Gasteiger partial charge < -0.3 is 29.7 Å². The second-order valence-corrected chi connectivity index (χ2v) is 8.11. The zero-order chi connectivity index (χ0) is 26.5. The van der Waals surface area contributed by atoms with E-state index in [1.807, 2.05) is 54.6 Å². The fourth-order valence-electron chi connectivity index (χ4n) is 3.34. The summed E-state index contributed by atoms with van der Waals surface area (Å²) >= 11 is 0. The zero-order valence-electron chi connectivity index (χ0n) is 20.2. The Morgan fingerprint density at radius 3 is 2.03 bits per heavy atom. The number of carboxylic acid groups (broad SMARTS) is 2. The number of nitrogens with one attached hydrogen (secondary N) is 1. The van der Waals surface area contributed by atoms with E-state index in [1.54, 1.807) is 0 Å². The Hall–Kier alpha value is -4.53. The molecule has 0 saturated carbocycles. The molecule has 0 aliphatic rings. The number of carbonyl (C=O) groups excluding carboxylic acids is 1. The van der Waals surface area contributed by atoms with Gasteiger partial charge >= 0.3 is 11.9 Å². The molecule has 9 nitrogen and oxygen atoms in total. The predicted octanol–water partition coefficient (Wildman–Crippen LogP) is 4.66. The maximum atomic E-state index is 12.4. The second-order valence-electron chi connectivity index (χ2n) is 8.11. The highest BCUT2D eigenvalue weighted by Gasteiger charge is 2.13. The molecule has 0 heterocycles. The van der Waals surface area contributed by atoms with Crippen molar-refractivity contribution in [2.45, 2.75) is 25.7 Å². The molecule has 9 heteroatoms. The number of carboxylic acids is 2. The summed E-state index contributed by atoms with van der Waals surface area (Å²) in [6, 6.07) is 21.0. The maximum Gasteiger partial charge on any atom is 0.341 e. The van der Waals surface area contributed by atoms with Crippen molar-refractivity contribution in [2.24, 2.45) is 0 Å². The molecule has 0 fully saturated rings. The highest BCUT2D eigenvalue weighted by molar-refractivity contribution is 5.94. The Bertz CT molecular complexity index is 1180. The van der Waals surface area contributed by atoms with Crippen molar-refractivity contribution in [2.75, 3.05) is 25.1 Å². The molecule has 0 saturated heterocycles. The summed E-state index contributed by atoms with van der Waals surface area (Å²) in [4.78, 5) is 34.4. The van der Waals surface area contributed by atoms with Crippen LogP contribution in [0.5, 0.6) is 17.2 Å². The molecule has 3 aromatic carbocycles. The molecule has 0 unspecified atom stereocenters. The summed E-state index contributed by atoms with van der Waals surface area (Å²) in [5.74, 6) is -1.15. The lowest BCUT2D eigenvalue weighted by Gasteiger charge is -2.12. The van der Waals surface area contributed by atoms with E-state index in [-0.39, 0.29) is 29.3 Å². The topological polar surface area (TPSA) is 131 Å². The van der Waals surface area contributed by atoms with Gasteiger partial charge in [0, 0.05) is 6.42 Å². The SMILES string of the molecule is O=C(O)COc1cc(C(=O)O)ccc1NC(=O)CCc1ccc(OCCCCOc2ccccc2)cc1. The van der Waals surface area contributed by atoms with E-state index in [9.17, 15) is 14.4 Å². The van der Waals surface area contributed by atoms with Gasteiger partial charge in [-0.25, -0.2) is 9.59 Å². The third kappa shape index (κ3) is 9.56. The summed E-state index contributed by atoms with van der Waals surface area (Å²) < 4.78 is 16.6. The first-order valence-corrected chi connectivity index (χ1v) is 11.8. The van der Waals surface area contributed by atoms with Gasteiger partial charge in [0.05, 0.1) is 24.5 Å². The van der Waals surface area contributed by atoms with Crippen molar-refractivity contribution in [1.29, 1.82) is 0 Å². The number of aliphatic carboxylic acids is 1. The van der Waals surface area contributed by atoms with Crippen molar-refractivity contribution >= 4 is 23.5 Å². The molecule has 0 aliphatic heterocycles. The Labute approximate surface area is 214 Å². The van der Waals surface area contributed by atoms with Crippen LogP contribution in [0.4, 0.5) is 5.69 Å². The molecule has 0 bridgehead atoms. The molecule has 194 valence electrons. The van der Waals surface area contributed by atoms with Gasteiger partial charge in [0.2, 0.25) is 5.91 Å². The van der Waals surface area contributed by atoms with Gasteiger partial charge in [-0.05, 0) is 67.3 Å². The zero-order valence-corrected chi connectivity index (χ0v) is 20.2. The van der Waals surface area contributed by atoms with E-state index >= 15 is 0 Å². The number of aryl methyl sites for hydroxylation is 1. The molecule has 0 spiro atoms. The summed E-state index contributed by atoms with van der Waals surface area (Å²) in [6.45, 7) is 0.542. The minimum Gasteiger partial charge on any atom is -0.494 e. The van der Waals surface area contributed by atoms with Gasteiger partial charge in [-0.1, -0.05) is 30.3 Å². The first-order chi connectivity index (χ1) is 17.9. The number of aromatic carboxylic acids is 1. The number of hydrogen-bond donors (Lipinski definition) is 3. The van der Waals surface area contributed by atoms with Crippen LogP contribution in [0.3, 0.4) is 0 Å². The highest BCUT2D eigenvalue weighted by Crippen LogP contribution is 2.26. The van der Waals surface area contributed by atoms with Crippen molar-refractivity contribution in [3.8, 4) is 17.2 Å². The number of unbranched alkanes of at least 4 members (excludes halogenated alkanes) is 1. The van der Waals surface area contributed by atoms with Crippen LogP contribution in [-0.4, -0.2) is 47.9 Å². The van der Waals surface area contributed by atoms with Crippen LogP contribution >= 0.6 is 0 Å². The molecule has 3 aromatic rings. The van der Waals surface area contributed by atoms with Crippen LogP contribution in [0.1, 0.15) is 35.2 Å². The Kier molecular flexibility index (Phi) is 10.3. The van der Waals surface area contributed by atoms with Gasteiger partial charge in [0.25, 0.3) is 0 Å². The van der Waals surface area contributed by atoms with E-state index in [2.05, 4.69) is 5.32 Å². The Morgan fingerprint density at radius 1 is 0.757 bits per heavy atom. The van der Waals surface area contributed by atoms with Crippen LogP contribution in [0, 0.1) is 0 Å². The largest absolute Gasteiger partial charge is 0.494 e. The van der Waals surface area contributed by atoms with Gasteiger partial charge in [0.15, 0.2) is 6.61 Å². The van der Waals surface area contributed by atoms with E-state index in [4.69, 9.17) is 24.4 Å². The van der Waals surface area contributed by atoms with Gasteiger partial charge in [-0.2, -0.15) is 0 Å². The first-order valence-electron chi connectivity index (χ1n) is 11.8. The monoisotopic (exact) mass is 507 g/mol. The summed E-state index contributed by atoms with van der Waals surface area (Å²) in [5.41, 5.74) is 1.07. The number of hydrogen-bond acceptors (Lipinski definition) is 6. The second kappa shape index (κ2) is 14.1. The maximum absolute atomic E-state index is 12.4. The molecule has 0 aromatic heterocycles. The minimum atomic E-state index is -1.22. The molecule has 1 amide bonds. The number of rotatable bonds is 15. The Morgan fingerprint density at radius 2 is 1.41 bits per heavy atom. The van der Waals surface area contributed by atoms with E-state index in [1.165, 1.54) is 18.2 Å². The Balaban J connectivity index is 1.40. The molecule has 0 atom stereocenters. The first kappa shape index (κ1) is 27.1. The fourth-order valence-corrected chi connectivity index (χ4v) is 3.34. The average Bonchev–Trinajstić information content (AvgIpc) is 2.90. The summed E-state index contributed by atoms with van der Waals surface area (Å²) in [6.07, 6.45) is 2.38. The standard InChI is InChI=1S/C28H29NO8/c30-26(29-24-14-11-21(28(33)34)18-25(24)37-19-27(31)32)15-10-20-8-12-23(13-9-20)36-17-5-4-16-35-22-6-2-1-3-7-22/h1-3,6-9,11-14,18H,4-5,10,15-17,19H2,(H,29,30)(H,31,32)(H,33,34). The molecule has 0 aliphatic carbocycles. The lowest BCUT2D eigenvalue weighted by molar-refractivity contribution is -0.139.